The Morgan fingerprint density at radius 2 is 2.24 bits per heavy atom. The highest BCUT2D eigenvalue weighted by molar-refractivity contribution is 5.73. The molecule has 1 heterocycles. The van der Waals surface area contributed by atoms with Gasteiger partial charge in [-0.15, -0.1) is 0 Å². The normalized spacial score (nSPS) is 34.3. The number of hydrogen-bond acceptors (Lipinski definition) is 2. The molecule has 1 saturated carbocycles. The minimum absolute atomic E-state index is 0.0212. The van der Waals surface area contributed by atoms with Crippen molar-refractivity contribution in [2.45, 2.75) is 44.6 Å². The summed E-state index contributed by atoms with van der Waals surface area (Å²) < 4.78 is 27.5. The summed E-state index contributed by atoms with van der Waals surface area (Å²) in [5.41, 5.74) is 0. The molecule has 2 rings (SSSR count). The fraction of sp³-hybridized carbons (Fsp3) is 0.917. The van der Waals surface area contributed by atoms with Gasteiger partial charge in [-0.3, -0.25) is 9.69 Å². The van der Waals surface area contributed by atoms with E-state index in [4.69, 9.17) is 5.11 Å². The minimum atomic E-state index is -2.60. The number of hydrogen-bond donors (Lipinski definition) is 1. The molecule has 1 aliphatic carbocycles. The molecule has 3 nitrogen and oxygen atoms in total. The maximum absolute atomic E-state index is 13.7. The lowest BCUT2D eigenvalue weighted by atomic mass is 9.79. The highest BCUT2D eigenvalue weighted by Gasteiger charge is 2.52. The number of likely N-dealkylation sites (tertiary alicyclic amines) is 1. The standard InChI is InChI=1S/C12H19F2NO2/c1-2-10(11(16)17)15-6-8-4-3-5-12(13,14)9(8)7-15/h8-10H,2-7H2,1H3,(H,16,17). The molecule has 0 aromatic heterocycles. The van der Waals surface area contributed by atoms with E-state index in [1.165, 1.54) is 0 Å². The zero-order valence-electron chi connectivity index (χ0n) is 10.0. The molecule has 2 fully saturated rings. The van der Waals surface area contributed by atoms with Gasteiger partial charge in [-0.1, -0.05) is 6.92 Å². The second-order valence-electron chi connectivity index (χ2n) is 5.24. The van der Waals surface area contributed by atoms with Gasteiger partial charge in [-0.2, -0.15) is 0 Å². The first-order chi connectivity index (χ1) is 7.95. The average Bonchev–Trinajstić information content (AvgIpc) is 2.63. The Kier molecular flexibility index (Phi) is 3.39. The molecule has 3 atom stereocenters. The fourth-order valence-corrected chi connectivity index (χ4v) is 3.30. The van der Waals surface area contributed by atoms with Gasteiger partial charge in [0.05, 0.1) is 0 Å². The number of carboxylic acid groups (broad SMARTS) is 1. The summed E-state index contributed by atoms with van der Waals surface area (Å²) in [6.07, 6.45) is 1.81. The number of rotatable bonds is 3. The van der Waals surface area contributed by atoms with Crippen LogP contribution in [0.25, 0.3) is 0 Å². The Bertz CT molecular complexity index is 309. The molecule has 2 aliphatic rings. The van der Waals surface area contributed by atoms with E-state index in [2.05, 4.69) is 0 Å². The van der Waals surface area contributed by atoms with Gasteiger partial charge in [-0.25, -0.2) is 8.78 Å². The van der Waals surface area contributed by atoms with Gasteiger partial charge in [0.15, 0.2) is 0 Å². The summed E-state index contributed by atoms with van der Waals surface area (Å²) in [5.74, 6) is -4.15. The van der Waals surface area contributed by atoms with E-state index in [0.29, 0.717) is 19.4 Å². The molecular formula is C12H19F2NO2. The molecule has 0 aromatic rings. The number of alkyl halides is 2. The Balaban J connectivity index is 2.09. The van der Waals surface area contributed by atoms with Crippen molar-refractivity contribution in [2.75, 3.05) is 13.1 Å². The van der Waals surface area contributed by atoms with Crippen LogP contribution in [0.1, 0.15) is 32.6 Å². The Labute approximate surface area is 99.8 Å². The van der Waals surface area contributed by atoms with Crippen LogP contribution >= 0.6 is 0 Å². The summed E-state index contributed by atoms with van der Waals surface area (Å²) in [7, 11) is 0. The summed E-state index contributed by atoms with van der Waals surface area (Å²) in [5, 5.41) is 9.07. The van der Waals surface area contributed by atoms with Crippen molar-refractivity contribution in [3.8, 4) is 0 Å². The highest BCUT2D eigenvalue weighted by atomic mass is 19.3. The van der Waals surface area contributed by atoms with Crippen LogP contribution in [0, 0.1) is 11.8 Å². The molecule has 98 valence electrons. The van der Waals surface area contributed by atoms with E-state index in [-0.39, 0.29) is 18.9 Å². The van der Waals surface area contributed by atoms with E-state index < -0.39 is 23.9 Å². The van der Waals surface area contributed by atoms with Crippen LogP contribution in [-0.2, 0) is 4.79 Å². The topological polar surface area (TPSA) is 40.5 Å². The van der Waals surface area contributed by atoms with Crippen molar-refractivity contribution in [3.05, 3.63) is 0 Å². The van der Waals surface area contributed by atoms with Gasteiger partial charge in [0, 0.05) is 25.4 Å². The third-order valence-corrected chi connectivity index (χ3v) is 4.21. The third kappa shape index (κ3) is 2.30. The molecule has 1 saturated heterocycles. The number of nitrogens with zero attached hydrogens (tertiary/aromatic N) is 1. The SMILES string of the molecule is CCC(C(=O)O)N1CC2CCCC(F)(F)C2C1. The number of aliphatic carboxylic acids is 1. The number of fused-ring (bicyclic) bond motifs is 1. The quantitative estimate of drug-likeness (QED) is 0.831. The molecule has 3 unspecified atom stereocenters. The molecule has 0 bridgehead atoms. The lowest BCUT2D eigenvalue weighted by Gasteiger charge is -2.32. The van der Waals surface area contributed by atoms with Crippen LogP contribution in [0.2, 0.25) is 0 Å². The Morgan fingerprint density at radius 3 is 2.76 bits per heavy atom. The van der Waals surface area contributed by atoms with Gasteiger partial charge < -0.3 is 5.11 Å². The highest BCUT2D eigenvalue weighted by Crippen LogP contribution is 2.46. The van der Waals surface area contributed by atoms with Crippen molar-refractivity contribution in [3.63, 3.8) is 0 Å². The molecule has 1 aliphatic heterocycles. The van der Waals surface area contributed by atoms with Crippen LogP contribution in [0.3, 0.4) is 0 Å². The first-order valence-corrected chi connectivity index (χ1v) is 6.30. The van der Waals surface area contributed by atoms with Crippen molar-refractivity contribution < 1.29 is 18.7 Å². The van der Waals surface area contributed by atoms with Gasteiger partial charge in [0.1, 0.15) is 6.04 Å². The van der Waals surface area contributed by atoms with Crippen molar-refractivity contribution in [1.82, 2.24) is 4.90 Å². The van der Waals surface area contributed by atoms with Crippen molar-refractivity contribution in [1.29, 1.82) is 0 Å². The maximum Gasteiger partial charge on any atom is 0.320 e. The van der Waals surface area contributed by atoms with E-state index in [9.17, 15) is 13.6 Å². The molecule has 0 aromatic carbocycles. The first-order valence-electron chi connectivity index (χ1n) is 6.30. The second-order valence-corrected chi connectivity index (χ2v) is 5.24. The number of halogens is 2. The van der Waals surface area contributed by atoms with Crippen LogP contribution in [-0.4, -0.2) is 41.0 Å². The van der Waals surface area contributed by atoms with Crippen LogP contribution in [0.5, 0.6) is 0 Å². The zero-order valence-corrected chi connectivity index (χ0v) is 10.0. The first kappa shape index (κ1) is 12.7. The van der Waals surface area contributed by atoms with Gasteiger partial charge in [0.25, 0.3) is 5.92 Å². The van der Waals surface area contributed by atoms with E-state index >= 15 is 0 Å². The van der Waals surface area contributed by atoms with Crippen molar-refractivity contribution in [2.24, 2.45) is 11.8 Å². The van der Waals surface area contributed by atoms with Crippen LogP contribution in [0.4, 0.5) is 8.78 Å². The predicted molar refractivity (Wildman–Crippen MR) is 59.1 cm³/mol. The average molecular weight is 247 g/mol. The third-order valence-electron chi connectivity index (χ3n) is 4.21. The lowest BCUT2D eigenvalue weighted by molar-refractivity contribution is -0.143. The maximum atomic E-state index is 13.7. The van der Waals surface area contributed by atoms with Crippen molar-refractivity contribution >= 4 is 5.97 Å². The van der Waals surface area contributed by atoms with Gasteiger partial charge in [0.2, 0.25) is 0 Å². The van der Waals surface area contributed by atoms with E-state index in [1.807, 2.05) is 0 Å². The van der Waals surface area contributed by atoms with Crippen LogP contribution in [0.15, 0.2) is 0 Å². The largest absolute Gasteiger partial charge is 0.480 e. The molecule has 0 spiro atoms. The molecule has 1 N–H and O–H groups in total. The Morgan fingerprint density at radius 1 is 1.53 bits per heavy atom. The molecule has 17 heavy (non-hydrogen) atoms. The lowest BCUT2D eigenvalue weighted by Crippen LogP contribution is -2.41. The second kappa shape index (κ2) is 4.52. The predicted octanol–water partition coefficient (Wildman–Crippen LogP) is 2.22. The molecule has 5 heteroatoms. The summed E-state index contributed by atoms with van der Waals surface area (Å²) in [4.78, 5) is 12.8. The monoisotopic (exact) mass is 247 g/mol. The van der Waals surface area contributed by atoms with Gasteiger partial charge in [-0.05, 0) is 25.2 Å². The summed E-state index contributed by atoms with van der Waals surface area (Å²) in [6, 6.07) is -0.601. The Hall–Kier alpha value is -0.710. The fourth-order valence-electron chi connectivity index (χ4n) is 3.30. The number of carboxylic acids is 1. The van der Waals surface area contributed by atoms with E-state index in [1.54, 1.807) is 11.8 Å². The smallest absolute Gasteiger partial charge is 0.320 e. The molecule has 0 radical (unpaired) electrons. The minimum Gasteiger partial charge on any atom is -0.480 e. The molecule has 0 amide bonds. The molecular weight excluding hydrogens is 228 g/mol. The van der Waals surface area contributed by atoms with E-state index in [0.717, 1.165) is 6.42 Å². The van der Waals surface area contributed by atoms with Crippen LogP contribution < -0.4 is 0 Å². The summed E-state index contributed by atoms with van der Waals surface area (Å²) >= 11 is 0. The van der Waals surface area contributed by atoms with Gasteiger partial charge >= 0.3 is 5.97 Å². The number of carbonyl (C=O) groups is 1. The summed E-state index contributed by atoms with van der Waals surface area (Å²) in [6.45, 7) is 2.55. The zero-order chi connectivity index (χ0) is 12.6.